The zero-order valence-electron chi connectivity index (χ0n) is 15.1. The van der Waals surface area contributed by atoms with Gasteiger partial charge in [0.2, 0.25) is 10.0 Å². The summed E-state index contributed by atoms with van der Waals surface area (Å²) < 4.78 is 27.2. The average Bonchev–Trinajstić information content (AvgIpc) is 3.05. The molecule has 26 heavy (non-hydrogen) atoms. The van der Waals surface area contributed by atoms with Gasteiger partial charge in [0.25, 0.3) is 5.91 Å². The maximum absolute atomic E-state index is 12.8. The molecular formula is C18H23ClN2O3S2. The molecule has 2 aromatic rings. The molecule has 0 aliphatic rings. The third-order valence-electron chi connectivity index (χ3n) is 3.69. The van der Waals surface area contributed by atoms with E-state index in [1.807, 2.05) is 31.4 Å². The first kappa shape index (κ1) is 20.9. The summed E-state index contributed by atoms with van der Waals surface area (Å²) in [5, 5.41) is 5.13. The first-order valence-corrected chi connectivity index (χ1v) is 11.0. The van der Waals surface area contributed by atoms with Crippen LogP contribution in [0.15, 0.2) is 40.6 Å². The van der Waals surface area contributed by atoms with Gasteiger partial charge in [-0.05, 0) is 49.4 Å². The molecule has 2 rings (SSSR count). The summed E-state index contributed by atoms with van der Waals surface area (Å²) >= 11 is 7.72. The zero-order valence-corrected chi connectivity index (χ0v) is 17.5. The SMILES string of the molecule is CC(C)NS(=O)(=O)c1ccc(Cl)c(C(=O)NC(c2cccs2)C(C)C)c1. The molecule has 1 atom stereocenters. The van der Waals surface area contributed by atoms with E-state index in [0.29, 0.717) is 0 Å². The highest BCUT2D eigenvalue weighted by molar-refractivity contribution is 7.89. The normalized spacial score (nSPS) is 13.2. The number of amides is 1. The van der Waals surface area contributed by atoms with Crippen molar-refractivity contribution in [2.45, 2.75) is 44.7 Å². The number of carbonyl (C=O) groups is 1. The Hall–Kier alpha value is -1.41. The Kier molecular flexibility index (Phi) is 6.85. The van der Waals surface area contributed by atoms with Crippen LogP contribution < -0.4 is 10.0 Å². The van der Waals surface area contributed by atoms with Gasteiger partial charge in [0.1, 0.15) is 0 Å². The van der Waals surface area contributed by atoms with Gasteiger partial charge >= 0.3 is 0 Å². The molecule has 8 heteroatoms. The Labute approximate surface area is 163 Å². The van der Waals surface area contributed by atoms with Gasteiger partial charge < -0.3 is 5.32 Å². The van der Waals surface area contributed by atoms with Crippen LogP contribution in [-0.4, -0.2) is 20.4 Å². The topological polar surface area (TPSA) is 75.3 Å². The average molecular weight is 415 g/mol. The number of sulfonamides is 1. The summed E-state index contributed by atoms with van der Waals surface area (Å²) in [5.41, 5.74) is 0.139. The summed E-state index contributed by atoms with van der Waals surface area (Å²) in [5.74, 6) is -0.227. The minimum Gasteiger partial charge on any atom is -0.344 e. The van der Waals surface area contributed by atoms with Crippen molar-refractivity contribution in [2.24, 2.45) is 5.92 Å². The number of hydrogen-bond donors (Lipinski definition) is 2. The fourth-order valence-corrected chi connectivity index (χ4v) is 4.91. The zero-order chi connectivity index (χ0) is 19.5. The van der Waals surface area contributed by atoms with E-state index in [4.69, 9.17) is 11.6 Å². The van der Waals surface area contributed by atoms with Gasteiger partial charge in [-0.2, -0.15) is 0 Å². The molecule has 0 saturated carbocycles. The molecule has 1 amide bonds. The molecule has 0 aliphatic heterocycles. The third-order valence-corrected chi connectivity index (χ3v) is 6.63. The quantitative estimate of drug-likeness (QED) is 0.712. The molecule has 142 valence electrons. The van der Waals surface area contributed by atoms with Crippen LogP contribution >= 0.6 is 22.9 Å². The van der Waals surface area contributed by atoms with E-state index < -0.39 is 15.9 Å². The second-order valence-electron chi connectivity index (χ2n) is 6.63. The monoisotopic (exact) mass is 414 g/mol. The van der Waals surface area contributed by atoms with Crippen LogP contribution in [-0.2, 0) is 10.0 Å². The molecule has 1 aromatic carbocycles. The molecule has 0 bridgehead atoms. The van der Waals surface area contributed by atoms with E-state index in [2.05, 4.69) is 10.0 Å². The summed E-state index contributed by atoms with van der Waals surface area (Å²) in [7, 11) is -3.71. The van der Waals surface area contributed by atoms with Crippen LogP contribution in [0.3, 0.4) is 0 Å². The van der Waals surface area contributed by atoms with Crippen LogP contribution in [0.5, 0.6) is 0 Å². The Bertz CT molecular complexity index is 863. The van der Waals surface area contributed by atoms with Crippen molar-refractivity contribution in [3.8, 4) is 0 Å². The van der Waals surface area contributed by atoms with Crippen LogP contribution in [0.1, 0.15) is 49.0 Å². The number of rotatable bonds is 7. The molecule has 1 heterocycles. The smallest absolute Gasteiger partial charge is 0.253 e. The lowest BCUT2D eigenvalue weighted by molar-refractivity contribution is 0.0926. The first-order valence-electron chi connectivity index (χ1n) is 8.28. The fourth-order valence-electron chi connectivity index (χ4n) is 2.48. The molecule has 1 unspecified atom stereocenters. The first-order chi connectivity index (χ1) is 12.1. The molecule has 0 fully saturated rings. The van der Waals surface area contributed by atoms with E-state index >= 15 is 0 Å². The molecule has 5 nitrogen and oxygen atoms in total. The number of nitrogens with one attached hydrogen (secondary N) is 2. The number of hydrogen-bond acceptors (Lipinski definition) is 4. The van der Waals surface area contributed by atoms with Crippen LogP contribution in [0.25, 0.3) is 0 Å². The van der Waals surface area contributed by atoms with E-state index in [1.54, 1.807) is 25.2 Å². The standard InChI is InChI=1S/C18H23ClN2O3S2/c1-11(2)17(16-6-5-9-25-16)20-18(22)14-10-13(7-8-15(14)19)26(23,24)21-12(3)4/h5-12,17,21H,1-4H3,(H,20,22). The Morgan fingerprint density at radius 2 is 1.85 bits per heavy atom. The number of thiophene rings is 1. The molecule has 0 aliphatic carbocycles. The van der Waals surface area contributed by atoms with E-state index in [-0.39, 0.29) is 33.5 Å². The molecule has 0 radical (unpaired) electrons. The highest BCUT2D eigenvalue weighted by Crippen LogP contribution is 2.27. The van der Waals surface area contributed by atoms with Gasteiger partial charge in [0.15, 0.2) is 0 Å². The van der Waals surface area contributed by atoms with E-state index in [1.165, 1.54) is 18.2 Å². The second kappa shape index (κ2) is 8.52. The van der Waals surface area contributed by atoms with Crippen molar-refractivity contribution in [3.05, 3.63) is 51.2 Å². The molecule has 1 aromatic heterocycles. The highest BCUT2D eigenvalue weighted by atomic mass is 35.5. The van der Waals surface area contributed by atoms with Crippen molar-refractivity contribution < 1.29 is 13.2 Å². The van der Waals surface area contributed by atoms with Gasteiger partial charge in [-0.15, -0.1) is 11.3 Å². The third kappa shape index (κ3) is 5.07. The fraction of sp³-hybridized carbons (Fsp3) is 0.389. The summed E-state index contributed by atoms with van der Waals surface area (Å²) in [4.78, 5) is 13.8. The Morgan fingerprint density at radius 3 is 2.38 bits per heavy atom. The number of carbonyl (C=O) groups excluding carboxylic acids is 1. The van der Waals surface area contributed by atoms with Crippen molar-refractivity contribution in [1.82, 2.24) is 10.0 Å². The lowest BCUT2D eigenvalue weighted by Gasteiger charge is -2.22. The van der Waals surface area contributed by atoms with E-state index in [9.17, 15) is 13.2 Å². The molecule has 2 N–H and O–H groups in total. The second-order valence-corrected chi connectivity index (χ2v) is 9.73. The number of benzene rings is 1. The summed E-state index contributed by atoms with van der Waals surface area (Å²) in [6.45, 7) is 7.49. The van der Waals surface area contributed by atoms with Crippen LogP contribution in [0, 0.1) is 5.92 Å². The Morgan fingerprint density at radius 1 is 1.15 bits per heavy atom. The minimum atomic E-state index is -3.71. The van der Waals surface area contributed by atoms with Gasteiger partial charge in [0, 0.05) is 10.9 Å². The predicted octanol–water partition coefficient (Wildman–Crippen LogP) is 4.22. The van der Waals surface area contributed by atoms with Gasteiger partial charge in [-0.25, -0.2) is 13.1 Å². The van der Waals surface area contributed by atoms with Crippen LogP contribution in [0.2, 0.25) is 5.02 Å². The largest absolute Gasteiger partial charge is 0.344 e. The minimum absolute atomic E-state index is 0.0120. The van der Waals surface area contributed by atoms with Gasteiger partial charge in [-0.1, -0.05) is 31.5 Å². The van der Waals surface area contributed by atoms with Gasteiger partial charge in [0.05, 0.1) is 21.5 Å². The predicted molar refractivity (Wildman–Crippen MR) is 106 cm³/mol. The van der Waals surface area contributed by atoms with Crippen LogP contribution in [0.4, 0.5) is 0 Å². The lowest BCUT2D eigenvalue weighted by Crippen LogP contribution is -2.32. The maximum Gasteiger partial charge on any atom is 0.253 e. The maximum atomic E-state index is 12.8. The lowest BCUT2D eigenvalue weighted by atomic mass is 10.0. The number of halogens is 1. The highest BCUT2D eigenvalue weighted by Gasteiger charge is 2.23. The molecular weight excluding hydrogens is 392 g/mol. The van der Waals surface area contributed by atoms with Crippen molar-refractivity contribution in [1.29, 1.82) is 0 Å². The summed E-state index contributed by atoms with van der Waals surface area (Å²) in [6.07, 6.45) is 0. The summed E-state index contributed by atoms with van der Waals surface area (Å²) in [6, 6.07) is 7.60. The van der Waals surface area contributed by atoms with Gasteiger partial charge in [-0.3, -0.25) is 4.79 Å². The Balaban J connectivity index is 2.32. The van der Waals surface area contributed by atoms with E-state index in [0.717, 1.165) is 4.88 Å². The molecule has 0 spiro atoms. The van der Waals surface area contributed by atoms with Crippen molar-refractivity contribution in [2.75, 3.05) is 0 Å². The van der Waals surface area contributed by atoms with Crippen molar-refractivity contribution >= 4 is 38.9 Å². The molecule has 0 saturated heterocycles. The van der Waals surface area contributed by atoms with Crippen molar-refractivity contribution in [3.63, 3.8) is 0 Å².